The summed E-state index contributed by atoms with van der Waals surface area (Å²) in [4.78, 5) is 25.8. The van der Waals surface area contributed by atoms with E-state index in [1.54, 1.807) is 55.1 Å². The zero-order valence-electron chi connectivity index (χ0n) is 21.3. The van der Waals surface area contributed by atoms with Crippen molar-refractivity contribution in [2.75, 3.05) is 33.8 Å². The number of halogens is 2. The summed E-state index contributed by atoms with van der Waals surface area (Å²) in [6.07, 6.45) is 6.72. The summed E-state index contributed by atoms with van der Waals surface area (Å²) < 4.78 is 32.1. The van der Waals surface area contributed by atoms with Crippen molar-refractivity contribution in [2.45, 2.75) is 19.8 Å². The molecule has 3 rings (SSSR count). The summed E-state index contributed by atoms with van der Waals surface area (Å²) in [5, 5.41) is 0. The molecule has 0 aliphatic carbocycles. The number of rotatable bonds is 6. The first kappa shape index (κ1) is 27.3. The molecule has 6 nitrogen and oxygen atoms in total. The van der Waals surface area contributed by atoms with Gasteiger partial charge in [0.2, 0.25) is 5.91 Å². The van der Waals surface area contributed by atoms with E-state index in [0.29, 0.717) is 54.5 Å². The maximum Gasteiger partial charge on any atom is 0.242 e. The van der Waals surface area contributed by atoms with Crippen molar-refractivity contribution in [2.24, 2.45) is 9.98 Å². The molecule has 192 valence electrons. The normalized spacial score (nSPS) is 14.6. The van der Waals surface area contributed by atoms with Crippen LogP contribution >= 0.6 is 0 Å². The van der Waals surface area contributed by atoms with E-state index in [1.807, 2.05) is 0 Å². The number of carbonyl (C=O) groups is 1. The predicted octanol–water partition coefficient (Wildman–Crippen LogP) is 4.89. The number of hydrogen-bond acceptors (Lipinski definition) is 4. The smallest absolute Gasteiger partial charge is 0.242 e. The Bertz CT molecular complexity index is 1270. The highest BCUT2D eigenvalue weighted by Gasteiger charge is 2.22. The van der Waals surface area contributed by atoms with Gasteiger partial charge in [-0.3, -0.25) is 4.79 Å². The molecule has 0 fully saturated rings. The Morgan fingerprint density at radius 2 is 1.65 bits per heavy atom. The fraction of sp³-hybridized carbons (Fsp3) is 0.276. The molecular formula is C29H30F2N4O2. The van der Waals surface area contributed by atoms with Crippen molar-refractivity contribution in [3.05, 3.63) is 89.1 Å². The minimum absolute atomic E-state index is 0.0218. The van der Waals surface area contributed by atoms with Crippen LogP contribution in [0.15, 0.2) is 76.4 Å². The number of likely N-dealkylation sites (N-methyl/N-ethyl adjacent to an activating group) is 1. The average Bonchev–Trinajstić information content (AvgIpc) is 3.10. The molecule has 2 aromatic carbocycles. The number of carbonyl (C=O) groups excluding carboxylic acids is 1. The van der Waals surface area contributed by atoms with E-state index in [0.717, 1.165) is 11.3 Å². The number of ether oxygens (including phenoxy) is 1. The minimum atomic E-state index is -0.386. The Balaban J connectivity index is 1.80. The van der Waals surface area contributed by atoms with E-state index in [2.05, 4.69) is 22.5 Å². The van der Waals surface area contributed by atoms with Gasteiger partial charge in [-0.2, -0.15) is 0 Å². The molecule has 0 bridgehead atoms. The number of methoxy groups -OCH3 is 1. The molecule has 1 aliphatic heterocycles. The zero-order valence-corrected chi connectivity index (χ0v) is 21.3. The molecule has 37 heavy (non-hydrogen) atoms. The molecule has 1 amide bonds. The second kappa shape index (κ2) is 12.6. The second-order valence-electron chi connectivity index (χ2n) is 8.54. The Morgan fingerprint density at radius 3 is 2.22 bits per heavy atom. The van der Waals surface area contributed by atoms with E-state index < -0.39 is 0 Å². The van der Waals surface area contributed by atoms with Gasteiger partial charge >= 0.3 is 0 Å². The highest BCUT2D eigenvalue weighted by Crippen LogP contribution is 2.21. The van der Waals surface area contributed by atoms with Crippen molar-refractivity contribution < 1.29 is 18.3 Å². The largest absolute Gasteiger partial charge is 0.484 e. The van der Waals surface area contributed by atoms with Crippen LogP contribution in [-0.2, 0) is 9.53 Å². The first-order valence-electron chi connectivity index (χ1n) is 11.8. The Kier molecular flexibility index (Phi) is 9.33. The number of hydrogen-bond donors (Lipinski definition) is 0. The van der Waals surface area contributed by atoms with Crippen molar-refractivity contribution in [3.8, 4) is 12.3 Å². The number of benzene rings is 2. The molecule has 1 aliphatic rings. The Labute approximate surface area is 216 Å². The van der Waals surface area contributed by atoms with Crippen LogP contribution < -0.4 is 0 Å². The molecule has 0 atom stereocenters. The van der Waals surface area contributed by atoms with Gasteiger partial charge in [0.15, 0.2) is 5.90 Å². The standard InChI is InChI=1S/C29H30F2N4O2/c1-6-22-15-17-35(18-16-27(22)33-21(3)37-5)28(36)19-34(4)29(24-9-13-26(31)14-10-24)32-20(2)23-7-11-25(30)12-8-23/h1,7-14H,2,15-19H2,3-5H3. The maximum absolute atomic E-state index is 13.6. The van der Waals surface area contributed by atoms with E-state index in [4.69, 9.17) is 11.2 Å². The molecule has 0 N–H and O–H groups in total. The molecule has 1 heterocycles. The third-order valence-electron chi connectivity index (χ3n) is 5.97. The lowest BCUT2D eigenvalue weighted by molar-refractivity contribution is -0.131. The van der Waals surface area contributed by atoms with Crippen LogP contribution in [0.25, 0.3) is 5.70 Å². The summed E-state index contributed by atoms with van der Waals surface area (Å²) in [6, 6.07) is 11.6. The van der Waals surface area contributed by atoms with Crippen LogP contribution in [0.5, 0.6) is 0 Å². The zero-order chi connectivity index (χ0) is 26.9. The van der Waals surface area contributed by atoms with Crippen molar-refractivity contribution >= 4 is 23.3 Å². The van der Waals surface area contributed by atoms with E-state index >= 15 is 0 Å². The number of terminal acetylenes is 1. The van der Waals surface area contributed by atoms with Gasteiger partial charge in [0.05, 0.1) is 25.0 Å². The quantitative estimate of drug-likeness (QED) is 0.320. The third-order valence-corrected chi connectivity index (χ3v) is 5.97. The van der Waals surface area contributed by atoms with Gasteiger partial charge in [-0.25, -0.2) is 18.8 Å². The second-order valence-corrected chi connectivity index (χ2v) is 8.54. The van der Waals surface area contributed by atoms with Crippen LogP contribution in [0, 0.1) is 24.0 Å². The highest BCUT2D eigenvalue weighted by molar-refractivity contribution is 6.03. The van der Waals surface area contributed by atoms with Gasteiger partial charge < -0.3 is 14.5 Å². The molecule has 0 saturated heterocycles. The molecule has 0 unspecified atom stereocenters. The van der Waals surface area contributed by atoms with E-state index in [1.165, 1.54) is 24.3 Å². The monoisotopic (exact) mass is 504 g/mol. The summed E-state index contributed by atoms with van der Waals surface area (Å²) in [7, 11) is 3.28. The van der Waals surface area contributed by atoms with Gasteiger partial charge in [0.1, 0.15) is 17.5 Å². The maximum atomic E-state index is 13.6. The summed E-state index contributed by atoms with van der Waals surface area (Å²) in [6.45, 7) is 6.69. The highest BCUT2D eigenvalue weighted by atomic mass is 19.1. The topological polar surface area (TPSA) is 57.5 Å². The summed E-state index contributed by atoms with van der Waals surface area (Å²) in [5.74, 6) is 2.76. The van der Waals surface area contributed by atoms with Crippen LogP contribution in [0.1, 0.15) is 30.9 Å². The number of amidine groups is 1. The first-order chi connectivity index (χ1) is 17.7. The minimum Gasteiger partial charge on any atom is -0.484 e. The van der Waals surface area contributed by atoms with Crippen LogP contribution in [0.3, 0.4) is 0 Å². The van der Waals surface area contributed by atoms with E-state index in [-0.39, 0.29) is 24.1 Å². The predicted molar refractivity (Wildman–Crippen MR) is 143 cm³/mol. The average molecular weight is 505 g/mol. The summed E-state index contributed by atoms with van der Waals surface area (Å²) >= 11 is 0. The molecule has 2 aromatic rings. The van der Waals surface area contributed by atoms with Gasteiger partial charge in [-0.1, -0.05) is 12.5 Å². The van der Waals surface area contributed by atoms with Crippen molar-refractivity contribution in [1.29, 1.82) is 0 Å². The van der Waals surface area contributed by atoms with Gasteiger partial charge in [0.25, 0.3) is 0 Å². The van der Waals surface area contributed by atoms with Gasteiger partial charge in [0, 0.05) is 44.6 Å². The lowest BCUT2D eigenvalue weighted by Crippen LogP contribution is -2.42. The Hall–Kier alpha value is -4.25. The number of aliphatic imine (C=N–C) groups is 2. The van der Waals surface area contributed by atoms with Crippen LogP contribution in [0.2, 0.25) is 0 Å². The van der Waals surface area contributed by atoms with Gasteiger partial charge in [-0.15, -0.1) is 6.42 Å². The van der Waals surface area contributed by atoms with Crippen molar-refractivity contribution in [3.63, 3.8) is 0 Å². The van der Waals surface area contributed by atoms with Crippen LogP contribution in [0.4, 0.5) is 8.78 Å². The lowest BCUT2D eigenvalue weighted by Gasteiger charge is -2.26. The lowest BCUT2D eigenvalue weighted by atomic mass is 10.1. The SMILES string of the molecule is C#CC1=C(N=C(C)OC)CCN(C(=O)CN(C)C(=NC(=C)c2ccc(F)cc2)c2ccc(F)cc2)CC1. The molecule has 0 spiro atoms. The van der Waals surface area contributed by atoms with Crippen LogP contribution in [-0.4, -0.2) is 61.2 Å². The molecule has 8 heteroatoms. The molecular weight excluding hydrogens is 474 g/mol. The van der Waals surface area contributed by atoms with E-state index in [9.17, 15) is 13.6 Å². The van der Waals surface area contributed by atoms with Crippen molar-refractivity contribution in [1.82, 2.24) is 9.80 Å². The molecule has 0 saturated carbocycles. The molecule has 0 radical (unpaired) electrons. The Morgan fingerprint density at radius 1 is 1.08 bits per heavy atom. The first-order valence-corrected chi connectivity index (χ1v) is 11.8. The fourth-order valence-electron chi connectivity index (χ4n) is 3.84. The molecule has 0 aromatic heterocycles. The third kappa shape index (κ3) is 7.37. The van der Waals surface area contributed by atoms with Gasteiger partial charge in [-0.05, 0) is 60.5 Å². The summed E-state index contributed by atoms with van der Waals surface area (Å²) in [5.41, 5.74) is 3.12. The number of amides is 1. The fourth-order valence-corrected chi connectivity index (χ4v) is 3.84. The number of nitrogens with zero attached hydrogens (tertiary/aromatic N) is 4.